The van der Waals surface area contributed by atoms with Gasteiger partial charge in [-0.2, -0.15) is 0 Å². The molecule has 1 saturated heterocycles. The van der Waals surface area contributed by atoms with Crippen LogP contribution in [0.3, 0.4) is 0 Å². The first-order valence-corrected chi connectivity index (χ1v) is 4.00. The molecule has 0 aromatic rings. The molecule has 0 aromatic heterocycles. The normalized spacial score (nSPS) is 51.5. The van der Waals surface area contributed by atoms with Crippen molar-refractivity contribution >= 4 is 0 Å². The summed E-state index contributed by atoms with van der Waals surface area (Å²) in [5.74, 6) is 0.387. The van der Waals surface area contributed by atoms with E-state index in [2.05, 4.69) is 0 Å². The van der Waals surface area contributed by atoms with Crippen molar-refractivity contribution in [2.75, 3.05) is 0 Å². The van der Waals surface area contributed by atoms with Gasteiger partial charge in [-0.25, -0.2) is 0 Å². The number of nitrogens with zero attached hydrogens (tertiary/aromatic N) is 1. The smallest absolute Gasteiger partial charge is 0.143 e. The molecule has 1 saturated carbocycles. The predicted octanol–water partition coefficient (Wildman–Crippen LogP) is -0.112. The van der Waals surface area contributed by atoms with E-state index in [-0.39, 0.29) is 0 Å². The van der Waals surface area contributed by atoms with Crippen LogP contribution in [-0.2, 0) is 0 Å². The average Bonchev–Trinajstić information content (AvgIpc) is 2.27. The molecule has 0 amide bonds. The molecule has 2 bridgehead atoms. The van der Waals surface area contributed by atoms with E-state index in [1.165, 1.54) is 0 Å². The highest BCUT2D eigenvalue weighted by molar-refractivity contribution is 4.92. The molecule has 0 spiro atoms. The van der Waals surface area contributed by atoms with Gasteiger partial charge in [-0.3, -0.25) is 0 Å². The molecule has 2 aliphatic rings. The van der Waals surface area contributed by atoms with Crippen LogP contribution >= 0.6 is 0 Å². The summed E-state index contributed by atoms with van der Waals surface area (Å²) >= 11 is 0. The van der Waals surface area contributed by atoms with Crippen LogP contribution in [0.2, 0.25) is 0 Å². The van der Waals surface area contributed by atoms with Crippen molar-refractivity contribution < 1.29 is 15.4 Å². The molecule has 2 fully saturated rings. The molecule has 3 unspecified atom stereocenters. The van der Waals surface area contributed by atoms with Crippen LogP contribution in [0.15, 0.2) is 0 Å². The molecule has 2 rings (SSSR count). The molecule has 1 aliphatic heterocycles. The number of hydrogen-bond donors (Lipinski definition) is 3. The monoisotopic (exact) mass is 159 g/mol. The minimum atomic E-state index is -1.14. The second kappa shape index (κ2) is 2.17. The third kappa shape index (κ3) is 0.980. The topological polar surface area (TPSA) is 63.9 Å². The zero-order valence-electron chi connectivity index (χ0n) is 6.27. The van der Waals surface area contributed by atoms with Crippen LogP contribution < -0.4 is 0 Å². The summed E-state index contributed by atoms with van der Waals surface area (Å²) in [6.07, 6.45) is 1.79. The number of rotatable bonds is 0. The molecule has 3 N–H and O–H groups in total. The maximum absolute atomic E-state index is 9.68. The molecular weight excluding hydrogens is 146 g/mol. The molecule has 4 heteroatoms. The number of hydroxylamine groups is 2. The second-order valence-corrected chi connectivity index (χ2v) is 3.65. The zero-order chi connectivity index (χ0) is 8.06. The largest absolute Gasteiger partial charge is 0.376 e. The highest BCUT2D eigenvalue weighted by atomic mass is 16.6. The van der Waals surface area contributed by atoms with E-state index in [1.807, 2.05) is 0 Å². The lowest BCUT2D eigenvalue weighted by atomic mass is 9.97. The average molecular weight is 159 g/mol. The van der Waals surface area contributed by atoms with Crippen molar-refractivity contribution in [3.63, 3.8) is 0 Å². The van der Waals surface area contributed by atoms with Gasteiger partial charge in [0.25, 0.3) is 0 Å². The summed E-state index contributed by atoms with van der Waals surface area (Å²) in [5, 5.41) is 28.9. The second-order valence-electron chi connectivity index (χ2n) is 3.65. The van der Waals surface area contributed by atoms with Crippen molar-refractivity contribution in [2.45, 2.75) is 37.6 Å². The van der Waals surface area contributed by atoms with Crippen molar-refractivity contribution in [3.05, 3.63) is 0 Å². The van der Waals surface area contributed by atoms with Gasteiger partial charge in [-0.1, -0.05) is 0 Å². The highest BCUT2D eigenvalue weighted by Gasteiger charge is 2.49. The van der Waals surface area contributed by atoms with E-state index < -0.39 is 12.0 Å². The van der Waals surface area contributed by atoms with E-state index in [4.69, 9.17) is 0 Å². The first kappa shape index (κ1) is 7.49. The summed E-state index contributed by atoms with van der Waals surface area (Å²) < 4.78 is 0. The Kier molecular flexibility index (Phi) is 1.47. The summed E-state index contributed by atoms with van der Waals surface area (Å²) in [5.41, 5.74) is -1.14. The lowest BCUT2D eigenvalue weighted by Gasteiger charge is -2.38. The minimum Gasteiger partial charge on any atom is -0.376 e. The van der Waals surface area contributed by atoms with Gasteiger partial charge in [0.2, 0.25) is 0 Å². The summed E-state index contributed by atoms with van der Waals surface area (Å²) in [4.78, 5) is 0. The maximum atomic E-state index is 9.68. The molecule has 64 valence electrons. The number of piperidine rings is 1. The molecule has 1 heterocycles. The number of aliphatic hydroxyl groups excluding tert-OH is 1. The van der Waals surface area contributed by atoms with Gasteiger partial charge < -0.3 is 15.4 Å². The van der Waals surface area contributed by atoms with E-state index in [0.717, 1.165) is 6.42 Å². The van der Waals surface area contributed by atoms with Gasteiger partial charge in [-0.05, 0) is 31.6 Å². The predicted molar refractivity (Wildman–Crippen MR) is 36.5 cm³/mol. The van der Waals surface area contributed by atoms with Crippen LogP contribution in [0.1, 0.15) is 25.7 Å². The maximum Gasteiger partial charge on any atom is 0.143 e. The number of hydrogen-bond acceptors (Lipinski definition) is 4. The van der Waals surface area contributed by atoms with E-state index in [1.54, 1.807) is 0 Å². The van der Waals surface area contributed by atoms with Gasteiger partial charge >= 0.3 is 0 Å². The fraction of sp³-hybridized carbons (Fsp3) is 1.00. The van der Waals surface area contributed by atoms with E-state index in [9.17, 15) is 15.4 Å². The van der Waals surface area contributed by atoms with Crippen LogP contribution in [0.4, 0.5) is 0 Å². The Morgan fingerprint density at radius 1 is 1.45 bits per heavy atom. The molecule has 4 nitrogen and oxygen atoms in total. The molecule has 11 heavy (non-hydrogen) atoms. The van der Waals surface area contributed by atoms with Gasteiger partial charge in [-0.15, -0.1) is 5.06 Å². The summed E-state index contributed by atoms with van der Waals surface area (Å²) in [7, 11) is 0. The first-order chi connectivity index (χ1) is 5.12. The van der Waals surface area contributed by atoms with Crippen molar-refractivity contribution in [1.29, 1.82) is 0 Å². The Labute approximate surface area is 65.0 Å². The van der Waals surface area contributed by atoms with Crippen LogP contribution in [0, 0.1) is 5.92 Å². The fourth-order valence-electron chi connectivity index (χ4n) is 2.19. The van der Waals surface area contributed by atoms with Gasteiger partial charge in [0.1, 0.15) is 12.0 Å². The van der Waals surface area contributed by atoms with Gasteiger partial charge in [0, 0.05) is 0 Å². The lowest BCUT2D eigenvalue weighted by Crippen LogP contribution is -2.53. The fourth-order valence-corrected chi connectivity index (χ4v) is 2.19. The van der Waals surface area contributed by atoms with Crippen LogP contribution in [0.25, 0.3) is 0 Å². The molecule has 1 aliphatic carbocycles. The first-order valence-electron chi connectivity index (χ1n) is 4.00. The Morgan fingerprint density at radius 2 is 2.18 bits per heavy atom. The molecule has 0 radical (unpaired) electrons. The lowest BCUT2D eigenvalue weighted by molar-refractivity contribution is -0.332. The van der Waals surface area contributed by atoms with E-state index in [0.29, 0.717) is 30.2 Å². The van der Waals surface area contributed by atoms with Crippen LogP contribution in [0.5, 0.6) is 0 Å². The highest BCUT2D eigenvalue weighted by Crippen LogP contribution is 2.43. The quantitative estimate of drug-likeness (QED) is 0.461. The Balaban J connectivity index is 2.21. The van der Waals surface area contributed by atoms with Gasteiger partial charge in [0.05, 0.1) is 0 Å². The molecular formula is C7H13NO3. The Bertz CT molecular complexity index is 175. The Morgan fingerprint density at radius 3 is 2.91 bits per heavy atom. The summed E-state index contributed by atoms with van der Waals surface area (Å²) in [6.45, 7) is 0. The van der Waals surface area contributed by atoms with E-state index >= 15 is 0 Å². The Hall–Kier alpha value is -0.160. The number of aliphatic hydroxyl groups is 2. The minimum absolute atomic E-state index is 0.387. The number of fused-ring (bicyclic) bond motifs is 2. The SMILES string of the molecule is OC1CC2CCC(O)(C2)N1O. The standard InChI is InChI=1S/C7H13NO3/c9-6-3-5-1-2-7(10,4-5)8(6)11/h5-6,9-11H,1-4H2. The summed E-state index contributed by atoms with van der Waals surface area (Å²) in [6, 6.07) is 0. The van der Waals surface area contributed by atoms with Gasteiger partial charge in [0.15, 0.2) is 0 Å². The third-order valence-corrected chi connectivity index (χ3v) is 2.82. The van der Waals surface area contributed by atoms with Crippen LogP contribution in [-0.4, -0.2) is 32.4 Å². The third-order valence-electron chi connectivity index (χ3n) is 2.82. The van der Waals surface area contributed by atoms with Crippen molar-refractivity contribution in [3.8, 4) is 0 Å². The van der Waals surface area contributed by atoms with Crippen molar-refractivity contribution in [2.24, 2.45) is 5.92 Å². The zero-order valence-corrected chi connectivity index (χ0v) is 6.27. The molecule has 3 atom stereocenters. The van der Waals surface area contributed by atoms with Crippen molar-refractivity contribution in [1.82, 2.24) is 5.06 Å². The molecule has 0 aromatic carbocycles.